The van der Waals surface area contributed by atoms with Crippen molar-refractivity contribution in [2.24, 2.45) is 0 Å². The van der Waals surface area contributed by atoms with Crippen LogP contribution in [0.25, 0.3) is 0 Å². The molecule has 2 N–H and O–H groups in total. The Morgan fingerprint density at radius 2 is 0.943 bits per heavy atom. The van der Waals surface area contributed by atoms with Crippen LogP contribution >= 0.6 is 7.82 Å². The largest absolute Gasteiger partial charge is 0.469 e. The van der Waals surface area contributed by atoms with Gasteiger partial charge in [-0.25, -0.2) is 4.57 Å². The van der Waals surface area contributed by atoms with E-state index in [0.717, 1.165) is 44.9 Å². The minimum Gasteiger partial charge on any atom is -0.462 e. The van der Waals surface area contributed by atoms with Gasteiger partial charge in [-0.1, -0.05) is 180 Å². The van der Waals surface area contributed by atoms with Gasteiger partial charge in [-0.05, 0) is 38.2 Å². The second-order valence-electron chi connectivity index (χ2n) is 14.7. The molecule has 10 heteroatoms. The van der Waals surface area contributed by atoms with Crippen LogP contribution in [-0.2, 0) is 32.9 Å². The van der Waals surface area contributed by atoms with Crippen molar-refractivity contribution < 1.29 is 42.7 Å². The number of ketones is 1. The molecule has 0 saturated carbocycles. The monoisotopic (exact) mass is 771 g/mol. The molecule has 0 amide bonds. The Bertz CT molecular complexity index is 975. The summed E-state index contributed by atoms with van der Waals surface area (Å²) in [5.74, 6) is -0.856. The molecule has 310 valence electrons. The van der Waals surface area contributed by atoms with Gasteiger partial charge in [-0.15, -0.1) is 0 Å². The number of esters is 2. The van der Waals surface area contributed by atoms with Gasteiger partial charge in [-0.2, -0.15) is 0 Å². The highest BCUT2D eigenvalue weighted by molar-refractivity contribution is 7.46. The molecule has 0 spiro atoms. The van der Waals surface area contributed by atoms with Crippen molar-refractivity contribution in [1.29, 1.82) is 0 Å². The molecule has 0 bridgehead atoms. The number of hydrogen-bond donors (Lipinski definition) is 2. The maximum Gasteiger partial charge on any atom is 0.469 e. The Kier molecular flexibility index (Phi) is 37.2. The number of carbonyl (C=O) groups is 3. The lowest BCUT2D eigenvalue weighted by molar-refractivity contribution is -0.161. The summed E-state index contributed by atoms with van der Waals surface area (Å²) in [5, 5.41) is 0. The quantitative estimate of drug-likeness (QED) is 0.0205. The van der Waals surface area contributed by atoms with E-state index in [1.54, 1.807) is 6.08 Å². The second kappa shape index (κ2) is 38.5. The second-order valence-corrected chi connectivity index (χ2v) is 16.0. The minimum atomic E-state index is -4.78. The smallest absolute Gasteiger partial charge is 0.462 e. The van der Waals surface area contributed by atoms with Crippen molar-refractivity contribution in [3.63, 3.8) is 0 Å². The molecular formula is C43H79O9P. The molecule has 0 aromatic heterocycles. The summed E-state index contributed by atoms with van der Waals surface area (Å²) >= 11 is 0. The van der Waals surface area contributed by atoms with E-state index in [9.17, 15) is 18.9 Å². The number of rotatable bonds is 40. The van der Waals surface area contributed by atoms with Crippen LogP contribution in [0.5, 0.6) is 0 Å². The van der Waals surface area contributed by atoms with E-state index in [0.29, 0.717) is 19.3 Å². The topological polar surface area (TPSA) is 136 Å². The summed E-state index contributed by atoms with van der Waals surface area (Å²) in [4.78, 5) is 54.8. The third kappa shape index (κ3) is 41.2. The molecule has 0 aromatic carbocycles. The van der Waals surface area contributed by atoms with Gasteiger partial charge in [0, 0.05) is 19.3 Å². The van der Waals surface area contributed by atoms with Gasteiger partial charge >= 0.3 is 19.8 Å². The Morgan fingerprint density at radius 1 is 0.528 bits per heavy atom. The van der Waals surface area contributed by atoms with Gasteiger partial charge in [0.25, 0.3) is 0 Å². The van der Waals surface area contributed by atoms with Crippen molar-refractivity contribution in [1.82, 2.24) is 0 Å². The number of hydrogen-bond acceptors (Lipinski definition) is 7. The first-order valence-corrected chi connectivity index (χ1v) is 23.1. The van der Waals surface area contributed by atoms with Crippen LogP contribution in [0.4, 0.5) is 0 Å². The first kappa shape index (κ1) is 51.2. The third-order valence-corrected chi connectivity index (χ3v) is 9.93. The lowest BCUT2D eigenvalue weighted by Crippen LogP contribution is -2.29. The van der Waals surface area contributed by atoms with Crippen molar-refractivity contribution in [3.05, 3.63) is 24.3 Å². The Balaban J connectivity index is 3.94. The first-order valence-electron chi connectivity index (χ1n) is 21.6. The van der Waals surface area contributed by atoms with Gasteiger partial charge in [0.15, 0.2) is 11.9 Å². The van der Waals surface area contributed by atoms with Crippen molar-refractivity contribution in [3.8, 4) is 0 Å². The first-order chi connectivity index (χ1) is 25.7. The molecule has 9 nitrogen and oxygen atoms in total. The summed E-state index contributed by atoms with van der Waals surface area (Å²) in [6, 6.07) is 0. The molecule has 0 radical (unpaired) electrons. The maximum atomic E-state index is 12.4. The maximum absolute atomic E-state index is 12.4. The molecule has 0 aromatic rings. The Hall–Kier alpha value is -1.80. The highest BCUT2D eigenvalue weighted by Gasteiger charge is 2.23. The predicted octanol–water partition coefficient (Wildman–Crippen LogP) is 12.4. The molecule has 0 aliphatic rings. The molecule has 0 unspecified atom stereocenters. The van der Waals surface area contributed by atoms with E-state index in [2.05, 4.69) is 24.4 Å². The van der Waals surface area contributed by atoms with Crippen LogP contribution in [0.15, 0.2) is 24.3 Å². The molecule has 0 rings (SSSR count). The molecule has 0 saturated heterocycles. The number of ether oxygens (including phenoxy) is 2. The van der Waals surface area contributed by atoms with Crippen LogP contribution in [0, 0.1) is 0 Å². The number of carbonyl (C=O) groups excluding carboxylic acids is 3. The summed E-state index contributed by atoms with van der Waals surface area (Å²) in [7, 11) is -4.78. The molecule has 0 fully saturated rings. The average Bonchev–Trinajstić information content (AvgIpc) is 3.12. The normalized spacial score (nSPS) is 12.5. The fraction of sp³-hybridized carbons (Fsp3) is 0.837. The average molecular weight is 771 g/mol. The molecule has 53 heavy (non-hydrogen) atoms. The van der Waals surface area contributed by atoms with E-state index in [1.807, 2.05) is 12.2 Å². The molecule has 0 heterocycles. The summed E-state index contributed by atoms with van der Waals surface area (Å²) < 4.78 is 26.3. The van der Waals surface area contributed by atoms with Gasteiger partial charge in [0.2, 0.25) is 0 Å². The van der Waals surface area contributed by atoms with Crippen LogP contribution in [0.2, 0.25) is 0 Å². The Morgan fingerprint density at radius 3 is 1.42 bits per heavy atom. The number of phosphoric acid groups is 1. The molecule has 1 atom stereocenters. The fourth-order valence-electron chi connectivity index (χ4n) is 6.18. The number of phosphoric ester groups is 1. The van der Waals surface area contributed by atoms with E-state index in [-0.39, 0.29) is 25.2 Å². The summed E-state index contributed by atoms with van der Waals surface area (Å²) in [6.45, 7) is 3.55. The van der Waals surface area contributed by atoms with Crippen LogP contribution in [0.3, 0.4) is 0 Å². The van der Waals surface area contributed by atoms with Gasteiger partial charge in [0.1, 0.15) is 6.61 Å². The van der Waals surface area contributed by atoms with E-state index >= 15 is 0 Å². The van der Waals surface area contributed by atoms with Gasteiger partial charge in [-0.3, -0.25) is 18.9 Å². The fourth-order valence-corrected chi connectivity index (χ4v) is 6.54. The van der Waals surface area contributed by atoms with Crippen LogP contribution in [0.1, 0.15) is 213 Å². The van der Waals surface area contributed by atoms with Crippen molar-refractivity contribution in [2.45, 2.75) is 219 Å². The number of unbranched alkanes of at least 4 members (excludes halogenated alkanes) is 25. The van der Waals surface area contributed by atoms with Crippen LogP contribution < -0.4 is 0 Å². The lowest BCUT2D eigenvalue weighted by Gasteiger charge is -2.18. The third-order valence-electron chi connectivity index (χ3n) is 9.45. The zero-order valence-electron chi connectivity index (χ0n) is 33.9. The zero-order chi connectivity index (χ0) is 39.1. The predicted molar refractivity (Wildman–Crippen MR) is 217 cm³/mol. The SMILES string of the molecule is CCCCC/C=C\C=C\C(=O)CCCCCCCC(=O)O[C@H](COC(=O)CCCCCCCCCCCCCCCCCCCCC)COP(=O)(O)O. The van der Waals surface area contributed by atoms with Crippen molar-refractivity contribution >= 4 is 25.5 Å². The van der Waals surface area contributed by atoms with Gasteiger partial charge in [0.05, 0.1) is 6.61 Å². The molecule has 0 aliphatic heterocycles. The molecular weight excluding hydrogens is 691 g/mol. The van der Waals surface area contributed by atoms with E-state index < -0.39 is 32.5 Å². The van der Waals surface area contributed by atoms with E-state index in [1.165, 1.54) is 122 Å². The zero-order valence-corrected chi connectivity index (χ0v) is 34.8. The lowest BCUT2D eigenvalue weighted by atomic mass is 10.0. The molecule has 0 aliphatic carbocycles. The van der Waals surface area contributed by atoms with Crippen LogP contribution in [-0.4, -0.2) is 46.8 Å². The summed E-state index contributed by atoms with van der Waals surface area (Å²) in [6.07, 6.45) is 40.1. The standard InChI is InChI=1S/C43H79O9P/c1-3-5-7-9-11-12-13-14-15-16-17-18-19-20-21-22-24-28-32-36-42(45)50-38-41(39-51-53(47,48)49)52-43(46)37-33-29-25-27-31-35-40(44)34-30-26-23-10-8-6-4-2/h23,26,30,34,41H,3-22,24-25,27-29,31-33,35-39H2,1-2H3,(H2,47,48,49)/b26-23-,34-30+/t41-/m1/s1. The minimum absolute atomic E-state index is 0.113. The highest BCUT2D eigenvalue weighted by Crippen LogP contribution is 2.36. The van der Waals surface area contributed by atoms with Gasteiger partial charge < -0.3 is 19.3 Å². The summed E-state index contributed by atoms with van der Waals surface area (Å²) in [5.41, 5.74) is 0. The highest BCUT2D eigenvalue weighted by atomic mass is 31.2. The number of allylic oxidation sites excluding steroid dienone is 4. The Labute approximate surface area is 324 Å². The van der Waals surface area contributed by atoms with Crippen molar-refractivity contribution in [2.75, 3.05) is 13.2 Å². The van der Waals surface area contributed by atoms with E-state index in [4.69, 9.17) is 19.3 Å².